The number of halogens is 2. The monoisotopic (exact) mass is 271 g/mol. The molecule has 1 unspecified atom stereocenters. The van der Waals surface area contributed by atoms with Crippen LogP contribution in [0.5, 0.6) is 0 Å². The molecule has 1 aromatic rings. The smallest absolute Gasteiger partial charge is 0.242 e. The van der Waals surface area contributed by atoms with Crippen LogP contribution in [0, 0.1) is 17.6 Å². The number of anilines is 2. The fourth-order valence-corrected chi connectivity index (χ4v) is 1.46. The number of benzene rings is 1. The van der Waals surface area contributed by atoms with Gasteiger partial charge >= 0.3 is 0 Å². The Morgan fingerprint density at radius 3 is 2.53 bits per heavy atom. The largest absolute Gasteiger partial charge is 0.395 e. The summed E-state index contributed by atoms with van der Waals surface area (Å²) in [6, 6.07) is 1.12. The van der Waals surface area contributed by atoms with Crippen LogP contribution in [0.4, 0.5) is 20.2 Å². The third-order valence-electron chi connectivity index (χ3n) is 2.54. The zero-order chi connectivity index (χ0) is 14.6. The molecular formula is C13H19F2N3O. The highest BCUT2D eigenvalue weighted by molar-refractivity contribution is 5.85. The first-order valence-electron chi connectivity index (χ1n) is 6.10. The van der Waals surface area contributed by atoms with Crippen LogP contribution >= 0.6 is 0 Å². The van der Waals surface area contributed by atoms with E-state index in [1.54, 1.807) is 6.92 Å². The maximum Gasteiger partial charge on any atom is 0.242 e. The van der Waals surface area contributed by atoms with Gasteiger partial charge in [0.1, 0.15) is 11.9 Å². The maximum atomic E-state index is 13.2. The van der Waals surface area contributed by atoms with Crippen LogP contribution in [-0.4, -0.2) is 18.5 Å². The summed E-state index contributed by atoms with van der Waals surface area (Å²) in [5.41, 5.74) is 5.36. The average Bonchev–Trinajstić information content (AvgIpc) is 2.32. The third-order valence-corrected chi connectivity index (χ3v) is 2.54. The molecule has 0 fully saturated rings. The van der Waals surface area contributed by atoms with Gasteiger partial charge in [-0.3, -0.25) is 4.79 Å². The first kappa shape index (κ1) is 15.2. The lowest BCUT2D eigenvalue weighted by atomic mass is 10.2. The minimum atomic E-state index is -0.850. The molecule has 0 aliphatic heterocycles. The van der Waals surface area contributed by atoms with Crippen molar-refractivity contribution in [1.29, 1.82) is 0 Å². The van der Waals surface area contributed by atoms with Gasteiger partial charge in [-0.2, -0.15) is 0 Å². The predicted molar refractivity (Wildman–Crippen MR) is 71.7 cm³/mol. The van der Waals surface area contributed by atoms with Crippen molar-refractivity contribution in [2.75, 3.05) is 17.6 Å². The van der Waals surface area contributed by atoms with E-state index in [2.05, 4.69) is 10.6 Å². The van der Waals surface area contributed by atoms with Crippen molar-refractivity contribution in [3.63, 3.8) is 0 Å². The fourth-order valence-electron chi connectivity index (χ4n) is 1.46. The molecule has 1 amide bonds. The number of nitrogens with one attached hydrogen (secondary N) is 2. The van der Waals surface area contributed by atoms with E-state index in [0.29, 0.717) is 18.5 Å². The molecule has 0 heterocycles. The molecule has 0 spiro atoms. The van der Waals surface area contributed by atoms with E-state index in [9.17, 15) is 13.6 Å². The highest BCUT2D eigenvalue weighted by Crippen LogP contribution is 2.23. The number of nitrogen functional groups attached to an aromatic ring is 1. The van der Waals surface area contributed by atoms with Crippen molar-refractivity contribution in [2.45, 2.75) is 26.8 Å². The molecule has 1 rings (SSSR count). The molecule has 0 saturated carbocycles. The maximum absolute atomic E-state index is 13.2. The first-order chi connectivity index (χ1) is 8.81. The lowest BCUT2D eigenvalue weighted by Gasteiger charge is -2.17. The second-order valence-corrected chi connectivity index (χ2v) is 4.85. The zero-order valence-electron chi connectivity index (χ0n) is 11.3. The van der Waals surface area contributed by atoms with Crippen molar-refractivity contribution in [1.82, 2.24) is 5.32 Å². The zero-order valence-corrected chi connectivity index (χ0v) is 11.3. The summed E-state index contributed by atoms with van der Waals surface area (Å²) < 4.78 is 26.3. The Morgan fingerprint density at radius 1 is 1.32 bits per heavy atom. The van der Waals surface area contributed by atoms with Crippen molar-refractivity contribution in [2.24, 2.45) is 5.92 Å². The summed E-state index contributed by atoms with van der Waals surface area (Å²) in [5.74, 6) is -1.52. The Balaban J connectivity index is 2.71. The van der Waals surface area contributed by atoms with Gasteiger partial charge in [0.15, 0.2) is 5.82 Å². The molecule has 1 atom stereocenters. The molecule has 1 aromatic carbocycles. The van der Waals surface area contributed by atoms with Crippen LogP contribution in [-0.2, 0) is 4.79 Å². The van der Waals surface area contributed by atoms with Crippen LogP contribution < -0.4 is 16.4 Å². The minimum Gasteiger partial charge on any atom is -0.395 e. The average molecular weight is 271 g/mol. The predicted octanol–water partition coefficient (Wildman–Crippen LogP) is 2.12. The van der Waals surface area contributed by atoms with E-state index in [1.165, 1.54) is 0 Å². The first-order valence-corrected chi connectivity index (χ1v) is 6.10. The number of hydrogen-bond donors (Lipinski definition) is 3. The van der Waals surface area contributed by atoms with Crippen molar-refractivity contribution in [3.05, 3.63) is 23.8 Å². The molecule has 0 aliphatic carbocycles. The molecular weight excluding hydrogens is 252 g/mol. The Bertz CT molecular complexity index is 463. The topological polar surface area (TPSA) is 67.2 Å². The number of carbonyl (C=O) groups is 1. The Labute approximate surface area is 111 Å². The third kappa shape index (κ3) is 4.39. The van der Waals surface area contributed by atoms with E-state index in [0.717, 1.165) is 6.07 Å². The molecule has 19 heavy (non-hydrogen) atoms. The van der Waals surface area contributed by atoms with Crippen LogP contribution in [0.25, 0.3) is 0 Å². The lowest BCUT2D eigenvalue weighted by Crippen LogP contribution is -2.39. The standard InChI is InChI=1S/C13H19F2N3O/c1-7(2)6-17-13(19)8(3)18-11-5-9(14)4-10(15)12(11)16/h4-5,7-8,18H,6,16H2,1-3H3,(H,17,19). The van der Waals surface area contributed by atoms with Crippen LogP contribution in [0.1, 0.15) is 20.8 Å². The second kappa shape index (κ2) is 6.36. The Hall–Kier alpha value is -1.85. The molecule has 4 N–H and O–H groups in total. The van der Waals surface area contributed by atoms with Crippen molar-refractivity contribution in [3.8, 4) is 0 Å². The minimum absolute atomic E-state index is 0.0738. The van der Waals surface area contributed by atoms with Gasteiger partial charge in [-0.1, -0.05) is 13.8 Å². The molecule has 0 aromatic heterocycles. The van der Waals surface area contributed by atoms with Gasteiger partial charge in [-0.05, 0) is 18.9 Å². The van der Waals surface area contributed by atoms with Gasteiger partial charge in [0.05, 0.1) is 11.4 Å². The summed E-state index contributed by atoms with van der Waals surface area (Å²) in [5, 5.41) is 5.42. The normalized spacial score (nSPS) is 12.3. The molecule has 106 valence electrons. The summed E-state index contributed by atoms with van der Waals surface area (Å²) in [6.45, 7) is 6.08. The number of hydrogen-bond acceptors (Lipinski definition) is 3. The van der Waals surface area contributed by atoms with Gasteiger partial charge in [-0.25, -0.2) is 8.78 Å². The van der Waals surface area contributed by atoms with Crippen LogP contribution in [0.2, 0.25) is 0 Å². The van der Waals surface area contributed by atoms with Crippen molar-refractivity contribution < 1.29 is 13.6 Å². The summed E-state index contributed by atoms with van der Waals surface area (Å²) in [6.07, 6.45) is 0. The van der Waals surface area contributed by atoms with E-state index >= 15 is 0 Å². The van der Waals surface area contributed by atoms with E-state index in [-0.39, 0.29) is 17.3 Å². The summed E-state index contributed by atoms with van der Waals surface area (Å²) in [7, 11) is 0. The SMILES string of the molecule is CC(C)CNC(=O)C(C)Nc1cc(F)cc(F)c1N. The number of rotatable bonds is 5. The van der Waals surface area contributed by atoms with Gasteiger partial charge in [-0.15, -0.1) is 0 Å². The van der Waals surface area contributed by atoms with Crippen molar-refractivity contribution >= 4 is 17.3 Å². The number of amides is 1. The van der Waals surface area contributed by atoms with E-state index in [4.69, 9.17) is 5.73 Å². The highest BCUT2D eigenvalue weighted by Gasteiger charge is 2.16. The molecule has 6 heteroatoms. The number of nitrogens with two attached hydrogens (primary N) is 1. The van der Waals surface area contributed by atoms with E-state index < -0.39 is 17.7 Å². The number of carbonyl (C=O) groups excluding carboxylic acids is 1. The second-order valence-electron chi connectivity index (χ2n) is 4.85. The Morgan fingerprint density at radius 2 is 1.95 bits per heavy atom. The van der Waals surface area contributed by atoms with E-state index in [1.807, 2.05) is 13.8 Å². The molecule has 0 saturated heterocycles. The molecule has 0 radical (unpaired) electrons. The van der Waals surface area contributed by atoms with Gasteiger partial charge in [0.2, 0.25) is 5.91 Å². The fraction of sp³-hybridized carbons (Fsp3) is 0.462. The van der Waals surface area contributed by atoms with Gasteiger partial charge in [0, 0.05) is 12.6 Å². The molecule has 0 aliphatic rings. The molecule has 4 nitrogen and oxygen atoms in total. The van der Waals surface area contributed by atoms with Crippen LogP contribution in [0.3, 0.4) is 0 Å². The van der Waals surface area contributed by atoms with Gasteiger partial charge in [0.25, 0.3) is 0 Å². The lowest BCUT2D eigenvalue weighted by molar-refractivity contribution is -0.121. The van der Waals surface area contributed by atoms with Crippen LogP contribution in [0.15, 0.2) is 12.1 Å². The Kier molecular flexibility index (Phi) is 5.09. The molecule has 0 bridgehead atoms. The quantitative estimate of drug-likeness (QED) is 0.719. The van der Waals surface area contributed by atoms with Gasteiger partial charge < -0.3 is 16.4 Å². The summed E-state index contributed by atoms with van der Waals surface area (Å²) in [4.78, 5) is 11.7. The highest BCUT2D eigenvalue weighted by atomic mass is 19.1. The summed E-state index contributed by atoms with van der Waals surface area (Å²) >= 11 is 0.